The molecule has 0 aromatic heterocycles. The van der Waals surface area contributed by atoms with Crippen LogP contribution in [0.25, 0.3) is 0 Å². The lowest BCUT2D eigenvalue weighted by atomic mass is 9.45. The third-order valence-corrected chi connectivity index (χ3v) is 10.4. The number of rotatable bonds is 5. The molecule has 3 fully saturated rings. The molecular weight excluding hydrogens is 432 g/mol. The second-order valence-electron chi connectivity index (χ2n) is 13.1. The van der Waals surface area contributed by atoms with Crippen LogP contribution in [0.4, 0.5) is 0 Å². The van der Waals surface area contributed by atoms with Gasteiger partial charge < -0.3 is 25.5 Å². The van der Waals surface area contributed by atoms with Gasteiger partial charge in [0.15, 0.2) is 5.78 Å². The summed E-state index contributed by atoms with van der Waals surface area (Å²) in [5.74, 6) is -0.832. The number of hydrogen-bond donors (Lipinski definition) is 5. The number of ketones is 1. The molecule has 4 aliphatic carbocycles. The summed E-state index contributed by atoms with van der Waals surface area (Å²) in [5.41, 5.74) is -1.65. The van der Waals surface area contributed by atoms with Crippen molar-refractivity contribution in [3.05, 3.63) is 23.8 Å². The van der Waals surface area contributed by atoms with Gasteiger partial charge in [0.2, 0.25) is 0 Å². The van der Waals surface area contributed by atoms with Crippen LogP contribution in [0.1, 0.15) is 79.6 Å². The molecule has 4 rings (SSSR count). The Balaban J connectivity index is 1.68. The summed E-state index contributed by atoms with van der Waals surface area (Å²) in [4.78, 5) is 13.3. The lowest BCUT2D eigenvalue weighted by Crippen LogP contribution is -2.64. The van der Waals surface area contributed by atoms with Crippen molar-refractivity contribution in [1.29, 1.82) is 0 Å². The Morgan fingerprint density at radius 2 is 1.82 bits per heavy atom. The van der Waals surface area contributed by atoms with Gasteiger partial charge in [0.1, 0.15) is 0 Å². The number of aliphatic hydroxyl groups is 5. The fourth-order valence-corrected chi connectivity index (χ4v) is 8.31. The molecule has 6 heteroatoms. The Morgan fingerprint density at radius 1 is 1.18 bits per heavy atom. The Hall–Kier alpha value is -1.05. The van der Waals surface area contributed by atoms with E-state index in [4.69, 9.17) is 0 Å². The zero-order valence-corrected chi connectivity index (χ0v) is 21.4. The molecule has 0 heterocycles. The Morgan fingerprint density at radius 3 is 2.44 bits per heavy atom. The van der Waals surface area contributed by atoms with Gasteiger partial charge in [-0.15, -0.1) is 0 Å². The summed E-state index contributed by atoms with van der Waals surface area (Å²) >= 11 is 0. The van der Waals surface area contributed by atoms with Crippen LogP contribution in [-0.2, 0) is 4.79 Å². The van der Waals surface area contributed by atoms with Crippen LogP contribution in [0, 0.1) is 34.5 Å². The van der Waals surface area contributed by atoms with Crippen LogP contribution in [-0.4, -0.2) is 60.8 Å². The van der Waals surface area contributed by atoms with Crippen LogP contribution >= 0.6 is 0 Å². The van der Waals surface area contributed by atoms with Crippen molar-refractivity contribution in [2.45, 2.75) is 109 Å². The van der Waals surface area contributed by atoms with E-state index < -0.39 is 52.2 Å². The number of carbonyl (C=O) groups excluding carboxylic acids is 1. The second-order valence-corrected chi connectivity index (χ2v) is 13.1. The molecular formula is C28H44O6. The normalized spacial score (nSPS) is 47.4. The van der Waals surface area contributed by atoms with Crippen LogP contribution < -0.4 is 0 Å². The summed E-state index contributed by atoms with van der Waals surface area (Å²) in [6.07, 6.45) is 2.34. The molecule has 0 bridgehead atoms. The zero-order chi connectivity index (χ0) is 25.4. The van der Waals surface area contributed by atoms with Gasteiger partial charge in [-0.1, -0.05) is 32.9 Å². The number of allylic oxidation sites excluding steroid dienone is 2. The van der Waals surface area contributed by atoms with E-state index in [1.54, 1.807) is 19.9 Å². The van der Waals surface area contributed by atoms with Gasteiger partial charge >= 0.3 is 0 Å². The SMILES string of the molecule is C=C(CCC(C)(C)O)[C@@H](C)[C@H]1CC[C@@]2(O)C3=CC(=O)[C@@H]4C[C@@H](O)[C@@H](O)C[C@]4(C)[C@H]3[C@H](O)C[C@]12C. The van der Waals surface area contributed by atoms with Gasteiger partial charge in [-0.05, 0) is 87.7 Å². The van der Waals surface area contributed by atoms with Crippen molar-refractivity contribution in [3.63, 3.8) is 0 Å². The van der Waals surface area contributed by atoms with E-state index in [1.807, 2.05) is 13.8 Å². The maximum Gasteiger partial charge on any atom is 0.159 e. The topological polar surface area (TPSA) is 118 Å². The highest BCUT2D eigenvalue weighted by atomic mass is 16.3. The molecule has 0 radical (unpaired) electrons. The van der Waals surface area contributed by atoms with Crippen molar-refractivity contribution in [2.75, 3.05) is 0 Å². The van der Waals surface area contributed by atoms with Crippen molar-refractivity contribution in [1.82, 2.24) is 0 Å². The molecule has 0 aromatic rings. The van der Waals surface area contributed by atoms with Crippen molar-refractivity contribution in [3.8, 4) is 0 Å². The largest absolute Gasteiger partial charge is 0.392 e. The molecule has 4 aliphatic rings. The minimum atomic E-state index is -1.21. The van der Waals surface area contributed by atoms with Crippen molar-refractivity contribution in [2.24, 2.45) is 34.5 Å². The first-order valence-electron chi connectivity index (χ1n) is 13.0. The third kappa shape index (κ3) is 3.76. The number of aliphatic hydroxyl groups excluding tert-OH is 3. The van der Waals surface area contributed by atoms with E-state index in [9.17, 15) is 30.3 Å². The maximum absolute atomic E-state index is 13.3. The predicted octanol–water partition coefficient (Wildman–Crippen LogP) is 2.91. The lowest BCUT2D eigenvalue weighted by Gasteiger charge is -2.61. The van der Waals surface area contributed by atoms with Crippen molar-refractivity contribution < 1.29 is 30.3 Å². The van der Waals surface area contributed by atoms with Crippen LogP contribution in [0.15, 0.2) is 23.8 Å². The van der Waals surface area contributed by atoms with Gasteiger partial charge in [-0.3, -0.25) is 4.79 Å². The smallest absolute Gasteiger partial charge is 0.159 e. The fraction of sp³-hybridized carbons (Fsp3) is 0.821. The number of fused-ring (bicyclic) bond motifs is 5. The molecule has 34 heavy (non-hydrogen) atoms. The Kier molecular flexibility index (Phi) is 6.31. The molecule has 3 saturated carbocycles. The molecule has 0 amide bonds. The van der Waals surface area contributed by atoms with E-state index in [1.165, 1.54) is 0 Å². The monoisotopic (exact) mass is 476 g/mol. The Bertz CT molecular complexity index is 888. The Labute approximate surface area is 203 Å². The standard InChI is InChI=1S/C28H44O6/c1-15(7-9-25(3,4)33)16(2)17-8-10-28(34)19-12-20(29)18-11-21(30)22(31)13-26(18,5)24(19)23(32)14-27(17,28)6/h12,16-18,21-24,30-34H,1,7-11,13-14H2,2-6H3/t16-,17-,18+,21-,22+,23-,24-,26+,27-,28-/m1/s1. The quantitative estimate of drug-likeness (QED) is 0.390. The summed E-state index contributed by atoms with van der Waals surface area (Å²) < 4.78 is 0. The minimum Gasteiger partial charge on any atom is -0.392 e. The van der Waals surface area contributed by atoms with Crippen LogP contribution in [0.2, 0.25) is 0 Å². The van der Waals surface area contributed by atoms with E-state index in [0.717, 1.165) is 12.0 Å². The predicted molar refractivity (Wildman–Crippen MR) is 130 cm³/mol. The highest BCUT2D eigenvalue weighted by molar-refractivity contribution is 5.95. The highest BCUT2D eigenvalue weighted by Crippen LogP contribution is 2.68. The molecule has 0 aliphatic heterocycles. The van der Waals surface area contributed by atoms with Gasteiger partial charge in [0.05, 0.1) is 29.5 Å². The molecule has 0 saturated heterocycles. The first-order valence-corrected chi connectivity index (χ1v) is 13.0. The van der Waals surface area contributed by atoms with E-state index in [2.05, 4.69) is 13.5 Å². The van der Waals surface area contributed by atoms with E-state index in [-0.39, 0.29) is 30.5 Å². The molecule has 192 valence electrons. The first kappa shape index (κ1) is 26.0. The summed E-state index contributed by atoms with van der Waals surface area (Å²) in [7, 11) is 0. The van der Waals surface area contributed by atoms with Crippen molar-refractivity contribution >= 4 is 5.78 Å². The molecule has 0 aromatic carbocycles. The van der Waals surface area contributed by atoms with Gasteiger partial charge in [0, 0.05) is 17.3 Å². The third-order valence-electron chi connectivity index (χ3n) is 10.4. The van der Waals surface area contributed by atoms with Crippen LogP contribution in [0.3, 0.4) is 0 Å². The highest BCUT2D eigenvalue weighted by Gasteiger charge is 2.69. The van der Waals surface area contributed by atoms with Gasteiger partial charge in [-0.25, -0.2) is 0 Å². The maximum atomic E-state index is 13.3. The lowest BCUT2D eigenvalue weighted by molar-refractivity contribution is -0.174. The average Bonchev–Trinajstić information content (AvgIpc) is 2.98. The zero-order valence-electron chi connectivity index (χ0n) is 21.4. The average molecular weight is 477 g/mol. The van der Waals surface area contributed by atoms with E-state index >= 15 is 0 Å². The molecule has 0 spiro atoms. The second kappa shape index (κ2) is 8.24. The molecule has 0 unspecified atom stereocenters. The van der Waals surface area contributed by atoms with Gasteiger partial charge in [0.25, 0.3) is 0 Å². The molecule has 6 nitrogen and oxygen atoms in total. The summed E-state index contributed by atoms with van der Waals surface area (Å²) in [5, 5.41) is 54.7. The van der Waals surface area contributed by atoms with E-state index in [0.29, 0.717) is 31.3 Å². The fourth-order valence-electron chi connectivity index (χ4n) is 8.31. The van der Waals surface area contributed by atoms with Gasteiger partial charge in [-0.2, -0.15) is 0 Å². The number of carbonyl (C=O) groups is 1. The molecule has 5 N–H and O–H groups in total. The first-order chi connectivity index (χ1) is 15.5. The number of hydrogen-bond acceptors (Lipinski definition) is 6. The summed E-state index contributed by atoms with van der Waals surface area (Å²) in [6.45, 7) is 14.0. The molecule has 10 atom stereocenters. The van der Waals surface area contributed by atoms with Crippen LogP contribution in [0.5, 0.6) is 0 Å². The summed E-state index contributed by atoms with van der Waals surface area (Å²) in [6, 6.07) is 0. The minimum absolute atomic E-state index is 0.0858.